The number of ether oxygens (including phenoxy) is 2. The minimum atomic E-state index is -0.172. The fourth-order valence-corrected chi connectivity index (χ4v) is 2.26. The Kier molecular flexibility index (Phi) is 5.47. The van der Waals surface area contributed by atoms with Crippen molar-refractivity contribution in [3.8, 4) is 5.75 Å². The van der Waals surface area contributed by atoms with Crippen molar-refractivity contribution in [1.82, 2.24) is 4.98 Å². The summed E-state index contributed by atoms with van der Waals surface area (Å²) in [7, 11) is 0. The second-order valence-electron chi connectivity index (χ2n) is 4.26. The highest BCUT2D eigenvalue weighted by Crippen LogP contribution is 2.13. The zero-order valence-corrected chi connectivity index (χ0v) is 11.9. The number of rotatable bonds is 6. The van der Waals surface area contributed by atoms with Gasteiger partial charge in [-0.15, -0.1) is 0 Å². The quantitative estimate of drug-likeness (QED) is 0.855. The van der Waals surface area contributed by atoms with Crippen LogP contribution >= 0.6 is 11.8 Å². The largest absolute Gasteiger partial charge is 0.490 e. The standard InChI is InChI=1S/C13H19N3O2S/c1-2-10-5-12(7-15-6-10)17-8-11(14)9-18-13-16-3-4-19-13/h5-7,11H,2-4,8-9,14H2,1H3/t11-/m1/s1. The monoisotopic (exact) mass is 281 g/mol. The van der Waals surface area contributed by atoms with Gasteiger partial charge >= 0.3 is 0 Å². The van der Waals surface area contributed by atoms with Crippen molar-refractivity contribution in [2.75, 3.05) is 25.5 Å². The zero-order chi connectivity index (χ0) is 13.5. The van der Waals surface area contributed by atoms with Crippen LogP contribution in [0.25, 0.3) is 0 Å². The molecular formula is C13H19N3O2S. The van der Waals surface area contributed by atoms with Gasteiger partial charge in [0.1, 0.15) is 19.0 Å². The van der Waals surface area contributed by atoms with Crippen LogP contribution in [0, 0.1) is 0 Å². The summed E-state index contributed by atoms with van der Waals surface area (Å²) < 4.78 is 11.1. The Balaban J connectivity index is 1.71. The van der Waals surface area contributed by atoms with Crippen LogP contribution in [-0.4, -0.2) is 41.8 Å². The van der Waals surface area contributed by atoms with Crippen LogP contribution in [0.15, 0.2) is 23.5 Å². The average Bonchev–Trinajstić information content (AvgIpc) is 2.96. The molecule has 1 aromatic rings. The Morgan fingerprint density at radius 2 is 2.21 bits per heavy atom. The minimum Gasteiger partial charge on any atom is -0.490 e. The van der Waals surface area contributed by atoms with Gasteiger partial charge in [-0.2, -0.15) is 0 Å². The number of aliphatic imine (C=N–C) groups is 1. The van der Waals surface area contributed by atoms with Crippen molar-refractivity contribution in [2.24, 2.45) is 10.7 Å². The molecule has 0 aromatic carbocycles. The molecule has 0 spiro atoms. The number of thioether (sulfide) groups is 1. The van der Waals surface area contributed by atoms with Crippen molar-refractivity contribution < 1.29 is 9.47 Å². The summed E-state index contributed by atoms with van der Waals surface area (Å²) in [6.07, 6.45) is 4.48. The summed E-state index contributed by atoms with van der Waals surface area (Å²) >= 11 is 1.63. The third-order valence-corrected chi connectivity index (χ3v) is 3.50. The molecule has 0 saturated heterocycles. The van der Waals surface area contributed by atoms with E-state index in [-0.39, 0.29) is 6.04 Å². The number of pyridine rings is 1. The van der Waals surface area contributed by atoms with Crippen molar-refractivity contribution >= 4 is 17.0 Å². The number of hydrogen-bond donors (Lipinski definition) is 1. The molecule has 0 radical (unpaired) electrons. The molecule has 19 heavy (non-hydrogen) atoms. The molecule has 0 aliphatic carbocycles. The van der Waals surface area contributed by atoms with E-state index in [0.717, 1.165) is 35.3 Å². The molecule has 2 heterocycles. The lowest BCUT2D eigenvalue weighted by atomic mass is 10.2. The molecule has 2 rings (SSSR count). The fraction of sp³-hybridized carbons (Fsp3) is 0.538. The van der Waals surface area contributed by atoms with Gasteiger partial charge in [0.05, 0.1) is 18.8 Å². The van der Waals surface area contributed by atoms with E-state index in [1.54, 1.807) is 18.0 Å². The van der Waals surface area contributed by atoms with Crippen LogP contribution in [0.4, 0.5) is 0 Å². The molecule has 0 saturated carbocycles. The lowest BCUT2D eigenvalue weighted by molar-refractivity contribution is 0.217. The summed E-state index contributed by atoms with van der Waals surface area (Å²) in [5.41, 5.74) is 7.09. The van der Waals surface area contributed by atoms with Gasteiger partial charge in [-0.25, -0.2) is 4.99 Å². The maximum absolute atomic E-state index is 5.94. The molecule has 1 aromatic heterocycles. The molecule has 0 fully saturated rings. The first-order valence-corrected chi connectivity index (χ1v) is 7.39. The van der Waals surface area contributed by atoms with E-state index in [2.05, 4.69) is 16.9 Å². The third kappa shape index (κ3) is 4.72. The summed E-state index contributed by atoms with van der Waals surface area (Å²) in [5, 5.41) is 0.741. The van der Waals surface area contributed by atoms with E-state index in [4.69, 9.17) is 15.2 Å². The summed E-state index contributed by atoms with van der Waals surface area (Å²) in [6, 6.07) is 1.81. The number of aromatic nitrogens is 1. The second kappa shape index (κ2) is 7.35. The fourth-order valence-electron chi connectivity index (χ4n) is 1.57. The number of hydrogen-bond acceptors (Lipinski definition) is 6. The Bertz CT molecular complexity index is 440. The normalized spacial score (nSPS) is 16.0. The summed E-state index contributed by atoms with van der Waals surface area (Å²) in [4.78, 5) is 8.32. The second-order valence-corrected chi connectivity index (χ2v) is 5.31. The summed E-state index contributed by atoms with van der Waals surface area (Å²) in [6.45, 7) is 3.75. The molecule has 0 unspecified atom stereocenters. The van der Waals surface area contributed by atoms with Crippen LogP contribution in [0.5, 0.6) is 5.75 Å². The van der Waals surface area contributed by atoms with E-state index in [1.165, 1.54) is 0 Å². The van der Waals surface area contributed by atoms with Gasteiger partial charge in [-0.3, -0.25) is 4.98 Å². The van der Waals surface area contributed by atoms with Gasteiger partial charge in [0.2, 0.25) is 5.23 Å². The molecule has 6 heteroatoms. The van der Waals surface area contributed by atoms with Crippen LogP contribution in [0.1, 0.15) is 12.5 Å². The lowest BCUT2D eigenvalue weighted by Gasteiger charge is -2.14. The van der Waals surface area contributed by atoms with Gasteiger partial charge in [-0.1, -0.05) is 18.7 Å². The van der Waals surface area contributed by atoms with Crippen molar-refractivity contribution in [3.63, 3.8) is 0 Å². The first kappa shape index (κ1) is 14.1. The van der Waals surface area contributed by atoms with Crippen LogP contribution < -0.4 is 10.5 Å². The predicted octanol–water partition coefficient (Wildman–Crippen LogP) is 1.47. The van der Waals surface area contributed by atoms with Gasteiger partial charge in [0.25, 0.3) is 0 Å². The van der Waals surface area contributed by atoms with Crippen molar-refractivity contribution in [2.45, 2.75) is 19.4 Å². The molecule has 5 nitrogen and oxygen atoms in total. The molecule has 2 N–H and O–H groups in total. The Labute approximate surface area is 117 Å². The van der Waals surface area contributed by atoms with Gasteiger partial charge < -0.3 is 15.2 Å². The Hall–Kier alpha value is -1.27. The van der Waals surface area contributed by atoms with Crippen LogP contribution in [0.3, 0.4) is 0 Å². The maximum Gasteiger partial charge on any atom is 0.245 e. The van der Waals surface area contributed by atoms with Gasteiger partial charge in [-0.05, 0) is 18.1 Å². The van der Waals surface area contributed by atoms with Crippen molar-refractivity contribution in [1.29, 1.82) is 0 Å². The molecule has 1 aliphatic heterocycles. The topological polar surface area (TPSA) is 69.7 Å². The van der Waals surface area contributed by atoms with Gasteiger partial charge in [0.15, 0.2) is 0 Å². The van der Waals surface area contributed by atoms with Gasteiger partial charge in [0, 0.05) is 11.9 Å². The smallest absolute Gasteiger partial charge is 0.245 e. The third-order valence-electron chi connectivity index (χ3n) is 2.62. The first-order chi connectivity index (χ1) is 9.28. The molecule has 104 valence electrons. The molecular weight excluding hydrogens is 262 g/mol. The van der Waals surface area contributed by atoms with E-state index in [1.807, 2.05) is 12.3 Å². The highest BCUT2D eigenvalue weighted by atomic mass is 32.2. The van der Waals surface area contributed by atoms with E-state index in [0.29, 0.717) is 13.2 Å². The number of nitrogens with zero attached hydrogens (tertiary/aromatic N) is 2. The SMILES string of the molecule is CCc1cncc(OC[C@@H](N)COC2=NCCS2)c1. The molecule has 1 aliphatic rings. The Morgan fingerprint density at radius 3 is 2.95 bits per heavy atom. The lowest BCUT2D eigenvalue weighted by Crippen LogP contribution is -2.33. The predicted molar refractivity (Wildman–Crippen MR) is 77.8 cm³/mol. The highest BCUT2D eigenvalue weighted by molar-refractivity contribution is 8.13. The molecule has 1 atom stereocenters. The number of nitrogens with two attached hydrogens (primary N) is 1. The molecule has 0 amide bonds. The van der Waals surface area contributed by atoms with Crippen LogP contribution in [-0.2, 0) is 11.2 Å². The van der Waals surface area contributed by atoms with Crippen molar-refractivity contribution in [3.05, 3.63) is 24.0 Å². The zero-order valence-electron chi connectivity index (χ0n) is 11.0. The van der Waals surface area contributed by atoms with E-state index in [9.17, 15) is 0 Å². The average molecular weight is 281 g/mol. The Morgan fingerprint density at radius 1 is 1.37 bits per heavy atom. The van der Waals surface area contributed by atoms with Crippen LogP contribution in [0.2, 0.25) is 0 Å². The van der Waals surface area contributed by atoms with E-state index < -0.39 is 0 Å². The minimum absolute atomic E-state index is 0.172. The summed E-state index contributed by atoms with van der Waals surface area (Å²) in [5.74, 6) is 1.75. The van der Waals surface area contributed by atoms with E-state index >= 15 is 0 Å². The first-order valence-electron chi connectivity index (χ1n) is 6.40. The maximum atomic E-state index is 5.94. The highest BCUT2D eigenvalue weighted by Gasteiger charge is 2.11. The number of aryl methyl sites for hydroxylation is 1. The molecule has 0 bridgehead atoms.